The fourth-order valence-electron chi connectivity index (χ4n) is 2.59. The van der Waals surface area contributed by atoms with Crippen molar-refractivity contribution in [2.75, 3.05) is 19.6 Å². The van der Waals surface area contributed by atoms with Crippen LogP contribution in [0.3, 0.4) is 0 Å². The Hall–Kier alpha value is -0.870. The molecule has 1 N–H and O–H groups in total. The van der Waals surface area contributed by atoms with Crippen LogP contribution in [0.25, 0.3) is 0 Å². The molecule has 0 aromatic carbocycles. The molecular weight excluding hydrogens is 212 g/mol. The lowest BCUT2D eigenvalue weighted by Crippen LogP contribution is -2.34. The number of nitrogens with zero attached hydrogens (tertiary/aromatic N) is 3. The Morgan fingerprint density at radius 3 is 2.88 bits per heavy atom. The first-order valence-electron chi connectivity index (χ1n) is 6.77. The third-order valence-corrected chi connectivity index (χ3v) is 3.73. The highest BCUT2D eigenvalue weighted by atomic mass is 15.3. The van der Waals surface area contributed by atoms with Gasteiger partial charge < -0.3 is 5.32 Å². The van der Waals surface area contributed by atoms with E-state index in [1.807, 2.05) is 6.20 Å². The van der Waals surface area contributed by atoms with E-state index in [1.165, 1.54) is 37.9 Å². The monoisotopic (exact) mass is 234 g/mol. The summed E-state index contributed by atoms with van der Waals surface area (Å²) in [4.78, 5) is 2.55. The van der Waals surface area contributed by atoms with Crippen LogP contribution in [0.4, 0.5) is 0 Å². The molecule has 2 aliphatic rings. The molecule has 0 bridgehead atoms. The first-order chi connectivity index (χ1) is 8.29. The standard InChI is InChI=1S/C13H22N4/c1-11-8-14-17(9-11)7-6-16-5-4-13(10-16)15-12-2-3-12/h8-9,12-13,15H,2-7,10H2,1H3. The Morgan fingerprint density at radius 1 is 1.29 bits per heavy atom. The molecule has 3 rings (SSSR count). The minimum atomic E-state index is 0.738. The van der Waals surface area contributed by atoms with Crippen molar-refractivity contribution in [3.05, 3.63) is 18.0 Å². The molecular formula is C13H22N4. The topological polar surface area (TPSA) is 33.1 Å². The molecule has 2 heterocycles. The molecule has 0 radical (unpaired) electrons. The number of hydrogen-bond acceptors (Lipinski definition) is 3. The van der Waals surface area contributed by atoms with Gasteiger partial charge in [0.15, 0.2) is 0 Å². The molecule has 1 saturated heterocycles. The van der Waals surface area contributed by atoms with E-state index in [4.69, 9.17) is 0 Å². The van der Waals surface area contributed by atoms with Crippen molar-refractivity contribution >= 4 is 0 Å². The van der Waals surface area contributed by atoms with Gasteiger partial charge in [0, 0.05) is 31.4 Å². The second kappa shape index (κ2) is 4.78. The van der Waals surface area contributed by atoms with Gasteiger partial charge in [0.05, 0.1) is 12.7 Å². The highest BCUT2D eigenvalue weighted by molar-refractivity contribution is 4.99. The fourth-order valence-corrected chi connectivity index (χ4v) is 2.59. The Bertz CT molecular complexity index is 369. The summed E-state index contributed by atoms with van der Waals surface area (Å²) in [5.74, 6) is 0. The molecule has 1 atom stereocenters. The first kappa shape index (κ1) is 11.2. The summed E-state index contributed by atoms with van der Waals surface area (Å²) >= 11 is 0. The zero-order valence-corrected chi connectivity index (χ0v) is 10.6. The summed E-state index contributed by atoms with van der Waals surface area (Å²) in [6.45, 7) is 6.70. The molecule has 4 nitrogen and oxygen atoms in total. The van der Waals surface area contributed by atoms with Crippen molar-refractivity contribution in [1.82, 2.24) is 20.0 Å². The van der Waals surface area contributed by atoms with Crippen molar-refractivity contribution in [1.29, 1.82) is 0 Å². The van der Waals surface area contributed by atoms with Crippen LogP contribution in [0.2, 0.25) is 0 Å². The summed E-state index contributed by atoms with van der Waals surface area (Å²) in [6, 6.07) is 1.58. The number of rotatable bonds is 5. The van der Waals surface area contributed by atoms with E-state index in [1.54, 1.807) is 0 Å². The van der Waals surface area contributed by atoms with Crippen LogP contribution in [0.15, 0.2) is 12.4 Å². The molecule has 0 spiro atoms. The molecule has 4 heteroatoms. The SMILES string of the molecule is Cc1cnn(CCN2CCC(NC3CC3)C2)c1. The van der Waals surface area contributed by atoms with Crippen molar-refractivity contribution in [3.8, 4) is 0 Å². The highest BCUT2D eigenvalue weighted by Crippen LogP contribution is 2.21. The van der Waals surface area contributed by atoms with Gasteiger partial charge in [-0.1, -0.05) is 0 Å². The molecule has 1 aliphatic heterocycles. The number of hydrogen-bond donors (Lipinski definition) is 1. The largest absolute Gasteiger partial charge is 0.310 e. The van der Waals surface area contributed by atoms with E-state index in [-0.39, 0.29) is 0 Å². The number of aromatic nitrogens is 2. The normalized spacial score (nSPS) is 25.6. The van der Waals surface area contributed by atoms with Gasteiger partial charge in [0.2, 0.25) is 0 Å². The zero-order chi connectivity index (χ0) is 11.7. The lowest BCUT2D eigenvalue weighted by molar-refractivity contribution is 0.306. The lowest BCUT2D eigenvalue weighted by atomic mass is 10.2. The van der Waals surface area contributed by atoms with Gasteiger partial charge in [-0.3, -0.25) is 9.58 Å². The summed E-state index contributed by atoms with van der Waals surface area (Å²) in [5.41, 5.74) is 1.25. The van der Waals surface area contributed by atoms with Gasteiger partial charge in [-0.15, -0.1) is 0 Å². The molecule has 1 aromatic heterocycles. The van der Waals surface area contributed by atoms with E-state index >= 15 is 0 Å². The Kier molecular flexibility index (Phi) is 3.16. The predicted molar refractivity (Wildman–Crippen MR) is 68.0 cm³/mol. The average molecular weight is 234 g/mol. The van der Waals surface area contributed by atoms with E-state index in [0.29, 0.717) is 0 Å². The summed E-state index contributed by atoms with van der Waals surface area (Å²) in [6.07, 6.45) is 8.15. The van der Waals surface area contributed by atoms with Gasteiger partial charge >= 0.3 is 0 Å². The Balaban J connectivity index is 1.40. The van der Waals surface area contributed by atoms with Crippen LogP contribution >= 0.6 is 0 Å². The van der Waals surface area contributed by atoms with Crippen molar-refractivity contribution < 1.29 is 0 Å². The second-order valence-electron chi connectivity index (χ2n) is 5.51. The molecule has 1 aromatic rings. The van der Waals surface area contributed by atoms with Gasteiger partial charge in [0.25, 0.3) is 0 Å². The molecule has 2 fully saturated rings. The quantitative estimate of drug-likeness (QED) is 0.825. The number of nitrogens with one attached hydrogen (secondary N) is 1. The Morgan fingerprint density at radius 2 is 2.18 bits per heavy atom. The first-order valence-corrected chi connectivity index (χ1v) is 6.77. The van der Waals surface area contributed by atoms with Crippen molar-refractivity contribution in [2.24, 2.45) is 0 Å². The van der Waals surface area contributed by atoms with E-state index in [0.717, 1.165) is 25.2 Å². The summed E-state index contributed by atoms with van der Waals surface area (Å²) in [5, 5.41) is 8.05. The average Bonchev–Trinajstić information content (AvgIpc) is 2.84. The van der Waals surface area contributed by atoms with Crippen LogP contribution < -0.4 is 5.32 Å². The van der Waals surface area contributed by atoms with Crippen LogP contribution in [0.1, 0.15) is 24.8 Å². The van der Waals surface area contributed by atoms with Crippen LogP contribution in [0.5, 0.6) is 0 Å². The summed E-state index contributed by atoms with van der Waals surface area (Å²) < 4.78 is 2.05. The third-order valence-electron chi connectivity index (χ3n) is 3.73. The van der Waals surface area contributed by atoms with E-state index in [2.05, 4.69) is 33.1 Å². The van der Waals surface area contributed by atoms with Crippen LogP contribution in [0, 0.1) is 6.92 Å². The molecule has 1 aliphatic carbocycles. The zero-order valence-electron chi connectivity index (χ0n) is 10.6. The number of likely N-dealkylation sites (tertiary alicyclic amines) is 1. The number of aryl methyl sites for hydroxylation is 1. The smallest absolute Gasteiger partial charge is 0.0536 e. The molecule has 1 saturated carbocycles. The van der Waals surface area contributed by atoms with E-state index < -0.39 is 0 Å². The minimum Gasteiger partial charge on any atom is -0.310 e. The van der Waals surface area contributed by atoms with Gasteiger partial charge in [-0.05, 0) is 38.3 Å². The lowest BCUT2D eigenvalue weighted by Gasteiger charge is -2.16. The van der Waals surface area contributed by atoms with Crippen molar-refractivity contribution in [3.63, 3.8) is 0 Å². The maximum absolute atomic E-state index is 4.33. The summed E-state index contributed by atoms with van der Waals surface area (Å²) in [7, 11) is 0. The minimum absolute atomic E-state index is 0.738. The molecule has 94 valence electrons. The Labute approximate surface area is 103 Å². The van der Waals surface area contributed by atoms with Crippen molar-refractivity contribution in [2.45, 2.75) is 44.8 Å². The van der Waals surface area contributed by atoms with Crippen LogP contribution in [-0.2, 0) is 6.54 Å². The predicted octanol–water partition coefficient (Wildman–Crippen LogP) is 1.02. The maximum atomic E-state index is 4.33. The van der Waals surface area contributed by atoms with Crippen LogP contribution in [-0.4, -0.2) is 46.4 Å². The third kappa shape index (κ3) is 3.07. The van der Waals surface area contributed by atoms with E-state index in [9.17, 15) is 0 Å². The van der Waals surface area contributed by atoms with Gasteiger partial charge in [-0.25, -0.2) is 0 Å². The fraction of sp³-hybridized carbons (Fsp3) is 0.769. The molecule has 17 heavy (non-hydrogen) atoms. The molecule has 1 unspecified atom stereocenters. The van der Waals surface area contributed by atoms with Gasteiger partial charge in [-0.2, -0.15) is 5.10 Å². The maximum Gasteiger partial charge on any atom is 0.0536 e. The van der Waals surface area contributed by atoms with Gasteiger partial charge in [0.1, 0.15) is 0 Å². The highest BCUT2D eigenvalue weighted by Gasteiger charge is 2.28. The molecule has 0 amide bonds. The second-order valence-corrected chi connectivity index (χ2v) is 5.51.